The first-order chi connectivity index (χ1) is 16.4. The number of aromatic nitrogens is 3. The molecule has 1 N–H and O–H groups in total. The van der Waals surface area contributed by atoms with E-state index >= 15 is 0 Å². The predicted octanol–water partition coefficient (Wildman–Crippen LogP) is 4.33. The number of fused-ring (bicyclic) bond motifs is 1. The van der Waals surface area contributed by atoms with E-state index in [9.17, 15) is 4.79 Å². The van der Waals surface area contributed by atoms with Crippen LogP contribution in [0.3, 0.4) is 0 Å². The molecular weight excluding hydrogens is 424 g/mol. The van der Waals surface area contributed by atoms with Gasteiger partial charge in [0.05, 0.1) is 6.04 Å². The van der Waals surface area contributed by atoms with Crippen molar-refractivity contribution in [3.05, 3.63) is 71.8 Å². The van der Waals surface area contributed by atoms with E-state index in [2.05, 4.69) is 99.3 Å². The molecule has 34 heavy (non-hydrogen) atoms. The fourth-order valence-corrected chi connectivity index (χ4v) is 4.63. The molecule has 1 atom stereocenters. The highest BCUT2D eigenvalue weighted by molar-refractivity contribution is 5.73. The summed E-state index contributed by atoms with van der Waals surface area (Å²) in [6.07, 6.45) is 1.71. The third-order valence-electron chi connectivity index (χ3n) is 6.42. The maximum atomic E-state index is 11.8. The van der Waals surface area contributed by atoms with Gasteiger partial charge in [-0.2, -0.15) is 0 Å². The average Bonchev–Trinajstić information content (AvgIpc) is 3.13. The van der Waals surface area contributed by atoms with Crippen molar-refractivity contribution in [1.82, 2.24) is 25.0 Å². The number of amides is 1. The van der Waals surface area contributed by atoms with Gasteiger partial charge in [-0.05, 0) is 42.2 Å². The highest BCUT2D eigenvalue weighted by Gasteiger charge is 2.25. The van der Waals surface area contributed by atoms with Crippen LogP contribution in [0.1, 0.15) is 50.4 Å². The zero-order valence-electron chi connectivity index (χ0n) is 20.7. The SMILES string of the molecule is CC(=O)NC(CC(C)C)c1nnc2n1CCN(Cc1ccc(N(C)c3ccccc3)cc1)CC2. The van der Waals surface area contributed by atoms with E-state index in [1.807, 2.05) is 6.07 Å². The summed E-state index contributed by atoms with van der Waals surface area (Å²) in [6, 6.07) is 19.1. The summed E-state index contributed by atoms with van der Waals surface area (Å²) in [6.45, 7) is 9.51. The molecule has 7 nitrogen and oxygen atoms in total. The van der Waals surface area contributed by atoms with Gasteiger partial charge in [0.25, 0.3) is 0 Å². The highest BCUT2D eigenvalue weighted by Crippen LogP contribution is 2.25. The maximum Gasteiger partial charge on any atom is 0.217 e. The molecule has 1 aliphatic rings. The summed E-state index contributed by atoms with van der Waals surface area (Å²) in [7, 11) is 2.10. The Morgan fingerprint density at radius 3 is 2.38 bits per heavy atom. The molecule has 0 fully saturated rings. The van der Waals surface area contributed by atoms with Crippen LogP contribution in [0.25, 0.3) is 0 Å². The quantitative estimate of drug-likeness (QED) is 0.542. The Morgan fingerprint density at radius 1 is 1.00 bits per heavy atom. The maximum absolute atomic E-state index is 11.8. The summed E-state index contributed by atoms with van der Waals surface area (Å²) in [4.78, 5) is 16.5. The first-order valence-electron chi connectivity index (χ1n) is 12.2. The molecule has 0 saturated carbocycles. The molecule has 0 aliphatic carbocycles. The van der Waals surface area contributed by atoms with Crippen LogP contribution < -0.4 is 10.2 Å². The summed E-state index contributed by atoms with van der Waals surface area (Å²) < 4.78 is 2.22. The molecule has 2 heterocycles. The van der Waals surface area contributed by atoms with Crippen molar-refractivity contribution in [3.63, 3.8) is 0 Å². The Bertz CT molecular complexity index is 1080. The van der Waals surface area contributed by atoms with Crippen LogP contribution in [0.2, 0.25) is 0 Å². The number of anilines is 2. The van der Waals surface area contributed by atoms with Gasteiger partial charge >= 0.3 is 0 Å². The van der Waals surface area contributed by atoms with Crippen molar-refractivity contribution in [1.29, 1.82) is 0 Å². The fourth-order valence-electron chi connectivity index (χ4n) is 4.63. The van der Waals surface area contributed by atoms with Crippen molar-refractivity contribution in [3.8, 4) is 0 Å². The van der Waals surface area contributed by atoms with Crippen LogP contribution in [0, 0.1) is 5.92 Å². The van der Waals surface area contributed by atoms with Gasteiger partial charge in [0, 0.05) is 57.9 Å². The first kappa shape index (κ1) is 24.0. The van der Waals surface area contributed by atoms with Crippen LogP contribution in [-0.2, 0) is 24.3 Å². The Labute approximate surface area is 202 Å². The summed E-state index contributed by atoms with van der Waals surface area (Å²) >= 11 is 0. The number of benzene rings is 2. The van der Waals surface area contributed by atoms with Gasteiger partial charge in [0.15, 0.2) is 5.82 Å². The number of hydrogen-bond donors (Lipinski definition) is 1. The molecular formula is C27H36N6O. The molecule has 1 aliphatic heterocycles. The van der Waals surface area contributed by atoms with Crippen molar-refractivity contribution in [2.24, 2.45) is 5.92 Å². The molecule has 0 bridgehead atoms. The third kappa shape index (κ3) is 5.83. The van der Waals surface area contributed by atoms with Crippen molar-refractivity contribution in [2.75, 3.05) is 25.0 Å². The smallest absolute Gasteiger partial charge is 0.217 e. The number of para-hydroxylation sites is 1. The number of nitrogens with one attached hydrogen (secondary N) is 1. The van der Waals surface area contributed by atoms with E-state index in [-0.39, 0.29) is 11.9 Å². The van der Waals surface area contributed by atoms with Gasteiger partial charge < -0.3 is 14.8 Å². The minimum Gasteiger partial charge on any atom is -0.346 e. The lowest BCUT2D eigenvalue weighted by molar-refractivity contribution is -0.119. The molecule has 4 rings (SSSR count). The number of rotatable bonds is 8. The lowest BCUT2D eigenvalue weighted by atomic mass is 10.0. The molecule has 0 saturated heterocycles. The van der Waals surface area contributed by atoms with E-state index in [4.69, 9.17) is 0 Å². The third-order valence-corrected chi connectivity index (χ3v) is 6.42. The van der Waals surface area contributed by atoms with Gasteiger partial charge in [0.1, 0.15) is 5.82 Å². The first-order valence-corrected chi connectivity index (χ1v) is 12.2. The molecule has 7 heteroatoms. The molecule has 0 radical (unpaired) electrons. The molecule has 1 unspecified atom stereocenters. The second kappa shape index (κ2) is 10.8. The van der Waals surface area contributed by atoms with Crippen LogP contribution >= 0.6 is 0 Å². The number of hydrogen-bond acceptors (Lipinski definition) is 5. The van der Waals surface area contributed by atoms with Gasteiger partial charge in [-0.1, -0.05) is 44.2 Å². The van der Waals surface area contributed by atoms with Crippen LogP contribution in [0.4, 0.5) is 11.4 Å². The average molecular weight is 461 g/mol. The van der Waals surface area contributed by atoms with Crippen molar-refractivity contribution >= 4 is 17.3 Å². The zero-order valence-corrected chi connectivity index (χ0v) is 20.7. The van der Waals surface area contributed by atoms with Crippen LogP contribution in [0.15, 0.2) is 54.6 Å². The van der Waals surface area contributed by atoms with E-state index in [1.165, 1.54) is 16.9 Å². The molecule has 1 amide bonds. The van der Waals surface area contributed by atoms with Gasteiger partial charge in [-0.25, -0.2) is 0 Å². The van der Waals surface area contributed by atoms with Gasteiger partial charge in [0.2, 0.25) is 5.91 Å². The highest BCUT2D eigenvalue weighted by atomic mass is 16.1. The zero-order chi connectivity index (χ0) is 24.1. The van der Waals surface area contributed by atoms with Crippen molar-refractivity contribution in [2.45, 2.75) is 52.7 Å². The number of carbonyl (C=O) groups excluding carboxylic acids is 1. The second-order valence-corrected chi connectivity index (χ2v) is 9.60. The number of carbonyl (C=O) groups is 1. The van der Waals surface area contributed by atoms with Gasteiger partial charge in [-0.3, -0.25) is 9.69 Å². The lowest BCUT2D eigenvalue weighted by Crippen LogP contribution is -2.31. The summed E-state index contributed by atoms with van der Waals surface area (Å²) in [5, 5.41) is 12.0. The molecule has 0 spiro atoms. The minimum atomic E-state index is -0.0977. The largest absolute Gasteiger partial charge is 0.346 e. The predicted molar refractivity (Wildman–Crippen MR) is 136 cm³/mol. The van der Waals surface area contributed by atoms with E-state index in [1.54, 1.807) is 6.92 Å². The molecule has 2 aromatic carbocycles. The Hall–Kier alpha value is -3.19. The second-order valence-electron chi connectivity index (χ2n) is 9.60. The molecule has 1 aromatic heterocycles. The van der Waals surface area contributed by atoms with Crippen molar-refractivity contribution < 1.29 is 4.79 Å². The van der Waals surface area contributed by atoms with E-state index in [0.717, 1.165) is 50.7 Å². The molecule has 3 aromatic rings. The summed E-state index contributed by atoms with van der Waals surface area (Å²) in [5.41, 5.74) is 3.66. The normalized spacial score (nSPS) is 15.0. The Kier molecular flexibility index (Phi) is 7.63. The minimum absolute atomic E-state index is 0.0281. The van der Waals surface area contributed by atoms with E-state index in [0.29, 0.717) is 5.92 Å². The summed E-state index contributed by atoms with van der Waals surface area (Å²) in [5.74, 6) is 2.32. The Morgan fingerprint density at radius 2 is 1.71 bits per heavy atom. The standard InChI is InChI=1S/C27H36N6O/c1-20(2)18-25(28-21(3)34)27-30-29-26-14-15-32(16-17-33(26)27)19-22-10-12-24(13-11-22)31(4)23-8-6-5-7-9-23/h5-13,20,25H,14-19H2,1-4H3,(H,28,34). The van der Waals surface area contributed by atoms with Gasteiger partial charge in [-0.15, -0.1) is 10.2 Å². The van der Waals surface area contributed by atoms with Crippen LogP contribution in [-0.4, -0.2) is 45.7 Å². The number of nitrogens with zero attached hydrogens (tertiary/aromatic N) is 5. The fraction of sp³-hybridized carbons (Fsp3) is 0.444. The van der Waals surface area contributed by atoms with E-state index < -0.39 is 0 Å². The lowest BCUT2D eigenvalue weighted by Gasteiger charge is -2.23. The monoisotopic (exact) mass is 460 g/mol. The topological polar surface area (TPSA) is 66.3 Å². The molecule has 180 valence electrons. The van der Waals surface area contributed by atoms with Crippen LogP contribution in [0.5, 0.6) is 0 Å². The Balaban J connectivity index is 1.40.